The Hall–Kier alpha value is -1.39. The second-order valence-electron chi connectivity index (χ2n) is 6.33. The number of aryl methyl sites for hydroxylation is 1. The fourth-order valence-corrected chi connectivity index (χ4v) is 2.78. The third-order valence-corrected chi connectivity index (χ3v) is 4.02. The summed E-state index contributed by atoms with van der Waals surface area (Å²) in [5.41, 5.74) is 3.29. The lowest BCUT2D eigenvalue weighted by molar-refractivity contribution is -0.116. The quantitative estimate of drug-likeness (QED) is 0.845. The molecule has 1 aromatic carbocycles. The van der Waals surface area contributed by atoms with Gasteiger partial charge in [0.2, 0.25) is 5.91 Å². The van der Waals surface area contributed by atoms with Gasteiger partial charge in [0.05, 0.1) is 0 Å². The van der Waals surface area contributed by atoms with E-state index in [1.54, 1.807) is 0 Å². The molecule has 0 bridgehead atoms. The number of carbonyl (C=O) groups is 1. The molecule has 2 rings (SSSR count). The van der Waals surface area contributed by atoms with Crippen molar-refractivity contribution in [1.82, 2.24) is 10.2 Å². The Bertz CT molecular complexity index is 479. The molecule has 0 aliphatic carbocycles. The third kappa shape index (κ3) is 5.14. The summed E-state index contributed by atoms with van der Waals surface area (Å²) in [6.45, 7) is 5.08. The van der Waals surface area contributed by atoms with Crippen molar-refractivity contribution in [2.45, 2.75) is 32.7 Å². The average Bonchev–Trinajstić information content (AvgIpc) is 2.93. The van der Waals surface area contributed by atoms with Crippen molar-refractivity contribution in [2.24, 2.45) is 5.92 Å². The van der Waals surface area contributed by atoms with Gasteiger partial charge in [0.25, 0.3) is 0 Å². The van der Waals surface area contributed by atoms with Gasteiger partial charge in [-0.3, -0.25) is 4.79 Å². The highest BCUT2D eigenvalue weighted by Crippen LogP contribution is 2.19. The summed E-state index contributed by atoms with van der Waals surface area (Å²) in [4.78, 5) is 14.2. The van der Waals surface area contributed by atoms with Crippen LogP contribution in [-0.2, 0) is 11.3 Å². The van der Waals surface area contributed by atoms with E-state index < -0.39 is 0 Å². The van der Waals surface area contributed by atoms with Gasteiger partial charge < -0.3 is 15.5 Å². The molecule has 4 nitrogen and oxygen atoms in total. The summed E-state index contributed by atoms with van der Waals surface area (Å²) in [5, 5.41) is 6.41. The minimum absolute atomic E-state index is 0.131. The van der Waals surface area contributed by atoms with Crippen LogP contribution >= 0.6 is 0 Å². The molecule has 1 aliphatic heterocycles. The summed E-state index contributed by atoms with van der Waals surface area (Å²) in [5.74, 6) is 0.795. The molecule has 0 radical (unpaired) electrons. The molecule has 1 fully saturated rings. The standard InChI is InChI=1S/C17H27N3O/c1-13-4-5-15(12-20(2)3)10-16(13)19-17(21)7-6-14-8-9-18-11-14/h4-5,10,14,18H,6-9,11-12H2,1-3H3,(H,19,21). The van der Waals surface area contributed by atoms with Crippen LogP contribution in [0.5, 0.6) is 0 Å². The van der Waals surface area contributed by atoms with Crippen LogP contribution in [0.25, 0.3) is 0 Å². The zero-order chi connectivity index (χ0) is 15.2. The molecule has 1 aromatic rings. The van der Waals surface area contributed by atoms with Crippen LogP contribution in [0.3, 0.4) is 0 Å². The Morgan fingerprint density at radius 1 is 1.43 bits per heavy atom. The molecular weight excluding hydrogens is 262 g/mol. The Morgan fingerprint density at radius 2 is 2.24 bits per heavy atom. The van der Waals surface area contributed by atoms with E-state index in [1.807, 2.05) is 21.0 Å². The van der Waals surface area contributed by atoms with Gasteiger partial charge in [-0.15, -0.1) is 0 Å². The minimum atomic E-state index is 0.131. The van der Waals surface area contributed by atoms with Crippen molar-refractivity contribution in [3.05, 3.63) is 29.3 Å². The number of nitrogens with one attached hydrogen (secondary N) is 2. The van der Waals surface area contributed by atoms with Crippen molar-refractivity contribution >= 4 is 11.6 Å². The van der Waals surface area contributed by atoms with Gasteiger partial charge in [-0.25, -0.2) is 0 Å². The molecular formula is C17H27N3O. The van der Waals surface area contributed by atoms with Crippen molar-refractivity contribution in [2.75, 3.05) is 32.5 Å². The zero-order valence-electron chi connectivity index (χ0n) is 13.4. The van der Waals surface area contributed by atoms with E-state index in [0.29, 0.717) is 12.3 Å². The largest absolute Gasteiger partial charge is 0.326 e. The number of carbonyl (C=O) groups excluding carboxylic acids is 1. The molecule has 1 unspecified atom stereocenters. The van der Waals surface area contributed by atoms with E-state index in [-0.39, 0.29) is 5.91 Å². The SMILES string of the molecule is Cc1ccc(CN(C)C)cc1NC(=O)CCC1CCNC1. The predicted molar refractivity (Wildman–Crippen MR) is 87.4 cm³/mol. The molecule has 21 heavy (non-hydrogen) atoms. The molecule has 1 amide bonds. The maximum Gasteiger partial charge on any atom is 0.224 e. The first-order valence-corrected chi connectivity index (χ1v) is 7.79. The monoisotopic (exact) mass is 289 g/mol. The van der Waals surface area contributed by atoms with Crippen LogP contribution in [-0.4, -0.2) is 38.0 Å². The summed E-state index contributed by atoms with van der Waals surface area (Å²) >= 11 is 0. The van der Waals surface area contributed by atoms with Crippen LogP contribution in [0.2, 0.25) is 0 Å². The summed E-state index contributed by atoms with van der Waals surface area (Å²) in [6.07, 6.45) is 2.80. The maximum atomic E-state index is 12.1. The van der Waals surface area contributed by atoms with Crippen LogP contribution in [0.1, 0.15) is 30.4 Å². The summed E-state index contributed by atoms with van der Waals surface area (Å²) in [7, 11) is 4.10. The van der Waals surface area contributed by atoms with Crippen LogP contribution < -0.4 is 10.6 Å². The van der Waals surface area contributed by atoms with Gasteiger partial charge in [-0.1, -0.05) is 12.1 Å². The van der Waals surface area contributed by atoms with Gasteiger partial charge in [-0.2, -0.15) is 0 Å². The smallest absolute Gasteiger partial charge is 0.224 e. The van der Waals surface area contributed by atoms with Crippen LogP contribution in [0.15, 0.2) is 18.2 Å². The van der Waals surface area contributed by atoms with Crippen molar-refractivity contribution in [1.29, 1.82) is 0 Å². The molecule has 2 N–H and O–H groups in total. The maximum absolute atomic E-state index is 12.1. The second-order valence-corrected chi connectivity index (χ2v) is 6.33. The highest BCUT2D eigenvalue weighted by molar-refractivity contribution is 5.91. The lowest BCUT2D eigenvalue weighted by atomic mass is 10.0. The minimum Gasteiger partial charge on any atom is -0.326 e. The Labute approximate surface area is 127 Å². The molecule has 116 valence electrons. The van der Waals surface area contributed by atoms with Crippen molar-refractivity contribution < 1.29 is 4.79 Å². The fraction of sp³-hybridized carbons (Fsp3) is 0.588. The molecule has 0 saturated carbocycles. The number of nitrogens with zero attached hydrogens (tertiary/aromatic N) is 1. The normalized spacial score (nSPS) is 18.2. The molecule has 4 heteroatoms. The van der Waals surface area contributed by atoms with Gasteiger partial charge in [0, 0.05) is 18.7 Å². The lowest BCUT2D eigenvalue weighted by Gasteiger charge is -2.14. The van der Waals surface area contributed by atoms with Gasteiger partial charge in [0.1, 0.15) is 0 Å². The summed E-state index contributed by atoms with van der Waals surface area (Å²) in [6, 6.07) is 6.29. The molecule has 1 heterocycles. The molecule has 1 atom stereocenters. The van der Waals surface area contributed by atoms with E-state index in [1.165, 1.54) is 12.0 Å². The first kappa shape index (κ1) is 16.0. The summed E-state index contributed by atoms with van der Waals surface area (Å²) < 4.78 is 0. The molecule has 1 saturated heterocycles. The van der Waals surface area contributed by atoms with Crippen LogP contribution in [0, 0.1) is 12.8 Å². The van der Waals surface area contributed by atoms with Gasteiger partial charge in [-0.05, 0) is 70.1 Å². The number of hydrogen-bond donors (Lipinski definition) is 2. The molecule has 1 aliphatic rings. The van der Waals surface area contributed by atoms with E-state index >= 15 is 0 Å². The first-order valence-electron chi connectivity index (χ1n) is 7.79. The van der Waals surface area contributed by atoms with E-state index in [9.17, 15) is 4.79 Å². The fourth-order valence-electron chi connectivity index (χ4n) is 2.78. The van der Waals surface area contributed by atoms with E-state index in [4.69, 9.17) is 0 Å². The van der Waals surface area contributed by atoms with E-state index in [0.717, 1.165) is 37.3 Å². The highest BCUT2D eigenvalue weighted by Gasteiger charge is 2.16. The second kappa shape index (κ2) is 7.57. The predicted octanol–water partition coefficient (Wildman–Crippen LogP) is 2.38. The first-order chi connectivity index (χ1) is 10.0. The number of anilines is 1. The Morgan fingerprint density at radius 3 is 2.90 bits per heavy atom. The Kier molecular flexibility index (Phi) is 5.76. The number of amides is 1. The van der Waals surface area contributed by atoms with Crippen molar-refractivity contribution in [3.8, 4) is 0 Å². The number of benzene rings is 1. The van der Waals surface area contributed by atoms with Gasteiger partial charge >= 0.3 is 0 Å². The number of hydrogen-bond acceptors (Lipinski definition) is 3. The zero-order valence-corrected chi connectivity index (χ0v) is 13.4. The third-order valence-electron chi connectivity index (χ3n) is 4.02. The molecule has 0 aromatic heterocycles. The number of rotatable bonds is 6. The van der Waals surface area contributed by atoms with Gasteiger partial charge in [0.15, 0.2) is 0 Å². The van der Waals surface area contributed by atoms with E-state index in [2.05, 4.69) is 33.7 Å². The Balaban J connectivity index is 1.89. The topological polar surface area (TPSA) is 44.4 Å². The lowest BCUT2D eigenvalue weighted by Crippen LogP contribution is -2.16. The van der Waals surface area contributed by atoms with Crippen LogP contribution in [0.4, 0.5) is 5.69 Å². The van der Waals surface area contributed by atoms with Crippen molar-refractivity contribution in [3.63, 3.8) is 0 Å². The highest BCUT2D eigenvalue weighted by atomic mass is 16.1. The average molecular weight is 289 g/mol. The molecule has 0 spiro atoms.